The number of nitrogens with zero attached hydrogens (tertiary/aromatic N) is 1. The van der Waals surface area contributed by atoms with E-state index in [4.69, 9.17) is 11.6 Å². The van der Waals surface area contributed by atoms with Crippen LogP contribution in [0.2, 0.25) is 5.02 Å². The molecule has 1 aromatic carbocycles. The highest BCUT2D eigenvalue weighted by Crippen LogP contribution is 2.27. The number of amides is 1. The van der Waals surface area contributed by atoms with Crippen LogP contribution in [0.4, 0.5) is 4.39 Å². The SMILES string of the molecule is O=C(NCCSCc1c(F)cccc1Cl)[C@@H]1CCCN(S(=O)(=O)c2cccs2)C1. The fourth-order valence-corrected chi connectivity index (χ4v) is 7.01. The summed E-state index contributed by atoms with van der Waals surface area (Å²) >= 11 is 8.67. The largest absolute Gasteiger partial charge is 0.355 e. The predicted molar refractivity (Wildman–Crippen MR) is 116 cm³/mol. The molecular formula is C19H22ClFN2O3S3. The molecule has 1 atom stereocenters. The first-order valence-electron chi connectivity index (χ1n) is 9.21. The zero-order valence-corrected chi connectivity index (χ0v) is 18.8. The molecule has 0 saturated carbocycles. The fourth-order valence-electron chi connectivity index (χ4n) is 3.15. The van der Waals surface area contributed by atoms with Crippen molar-refractivity contribution >= 4 is 50.6 Å². The monoisotopic (exact) mass is 476 g/mol. The minimum Gasteiger partial charge on any atom is -0.355 e. The van der Waals surface area contributed by atoms with Gasteiger partial charge in [0.2, 0.25) is 5.91 Å². The van der Waals surface area contributed by atoms with Gasteiger partial charge in [0.25, 0.3) is 10.0 Å². The molecule has 1 aliphatic rings. The van der Waals surface area contributed by atoms with Crippen LogP contribution < -0.4 is 5.32 Å². The predicted octanol–water partition coefficient (Wildman–Crippen LogP) is 3.99. The second kappa shape index (κ2) is 10.3. The minimum absolute atomic E-state index is 0.138. The van der Waals surface area contributed by atoms with Gasteiger partial charge in [-0.3, -0.25) is 4.79 Å². The molecule has 0 aliphatic carbocycles. The second-order valence-electron chi connectivity index (χ2n) is 6.68. The molecule has 5 nitrogen and oxygen atoms in total. The molecule has 1 saturated heterocycles. The van der Waals surface area contributed by atoms with E-state index in [1.807, 2.05) is 0 Å². The van der Waals surface area contributed by atoms with Crippen LogP contribution in [0.5, 0.6) is 0 Å². The molecule has 0 unspecified atom stereocenters. The van der Waals surface area contributed by atoms with E-state index >= 15 is 0 Å². The third-order valence-corrected chi connectivity index (χ3v) is 9.28. The Labute approximate surface area is 183 Å². The molecule has 1 N–H and O–H groups in total. The molecule has 1 fully saturated rings. The maximum absolute atomic E-state index is 13.7. The van der Waals surface area contributed by atoms with Gasteiger partial charge in [0.1, 0.15) is 10.0 Å². The molecule has 1 amide bonds. The van der Waals surface area contributed by atoms with Gasteiger partial charge in [-0.2, -0.15) is 16.1 Å². The number of halogens is 2. The first-order chi connectivity index (χ1) is 13.9. The van der Waals surface area contributed by atoms with E-state index in [1.165, 1.54) is 33.5 Å². The Bertz CT molecular complexity index is 918. The third kappa shape index (κ3) is 5.73. The maximum Gasteiger partial charge on any atom is 0.252 e. The number of nitrogens with one attached hydrogen (secondary N) is 1. The van der Waals surface area contributed by atoms with Gasteiger partial charge in [-0.05, 0) is 36.4 Å². The Balaban J connectivity index is 1.45. The summed E-state index contributed by atoms with van der Waals surface area (Å²) < 4.78 is 40.8. The van der Waals surface area contributed by atoms with Gasteiger partial charge in [-0.25, -0.2) is 12.8 Å². The van der Waals surface area contributed by atoms with Crippen molar-refractivity contribution in [1.29, 1.82) is 0 Å². The fraction of sp³-hybridized carbons (Fsp3) is 0.421. The van der Waals surface area contributed by atoms with E-state index in [0.717, 1.165) is 0 Å². The number of rotatable bonds is 8. The first kappa shape index (κ1) is 22.6. The Hall–Kier alpha value is -1.13. The summed E-state index contributed by atoms with van der Waals surface area (Å²) in [7, 11) is -3.53. The van der Waals surface area contributed by atoms with E-state index in [9.17, 15) is 17.6 Å². The summed E-state index contributed by atoms with van der Waals surface area (Å²) in [6.45, 7) is 1.07. The molecule has 158 valence electrons. The number of sulfonamides is 1. The summed E-state index contributed by atoms with van der Waals surface area (Å²) in [6, 6.07) is 7.89. The zero-order chi connectivity index (χ0) is 20.9. The lowest BCUT2D eigenvalue weighted by atomic mass is 9.99. The number of benzene rings is 1. The Morgan fingerprint density at radius 3 is 2.90 bits per heavy atom. The first-order valence-corrected chi connectivity index (χ1v) is 13.1. The summed E-state index contributed by atoms with van der Waals surface area (Å²) in [4.78, 5) is 12.5. The average molecular weight is 477 g/mol. The third-order valence-electron chi connectivity index (χ3n) is 4.70. The minimum atomic E-state index is -3.53. The number of thioether (sulfide) groups is 1. The van der Waals surface area contributed by atoms with Gasteiger partial charge in [0, 0.05) is 41.7 Å². The van der Waals surface area contributed by atoms with Crippen molar-refractivity contribution in [3.63, 3.8) is 0 Å². The van der Waals surface area contributed by atoms with E-state index in [2.05, 4.69) is 5.32 Å². The van der Waals surface area contributed by atoms with Crippen LogP contribution in [0.25, 0.3) is 0 Å². The summed E-state index contributed by atoms with van der Waals surface area (Å²) in [6.07, 6.45) is 1.32. The van der Waals surface area contributed by atoms with Crippen LogP contribution >= 0.6 is 34.7 Å². The highest BCUT2D eigenvalue weighted by molar-refractivity contribution is 7.98. The van der Waals surface area contributed by atoms with Gasteiger partial charge in [0.15, 0.2) is 0 Å². The normalized spacial score (nSPS) is 17.9. The van der Waals surface area contributed by atoms with Gasteiger partial charge >= 0.3 is 0 Å². The summed E-state index contributed by atoms with van der Waals surface area (Å²) in [5.41, 5.74) is 0.465. The summed E-state index contributed by atoms with van der Waals surface area (Å²) in [5, 5.41) is 5.00. The number of hydrogen-bond donors (Lipinski definition) is 1. The molecule has 3 rings (SSSR count). The van der Waals surface area contributed by atoms with Crippen molar-refractivity contribution < 1.29 is 17.6 Å². The average Bonchev–Trinajstić information content (AvgIpc) is 3.25. The molecule has 1 aromatic heterocycles. The lowest BCUT2D eigenvalue weighted by Gasteiger charge is -2.30. The number of carbonyl (C=O) groups is 1. The number of hydrogen-bond acceptors (Lipinski definition) is 5. The van der Waals surface area contributed by atoms with E-state index < -0.39 is 10.0 Å². The smallest absolute Gasteiger partial charge is 0.252 e. The number of thiophene rings is 1. The Kier molecular flexibility index (Phi) is 7.98. The quantitative estimate of drug-likeness (QED) is 0.585. The maximum atomic E-state index is 13.7. The summed E-state index contributed by atoms with van der Waals surface area (Å²) in [5.74, 6) is 0.214. The van der Waals surface area contributed by atoms with Gasteiger partial charge in [-0.1, -0.05) is 23.7 Å². The Morgan fingerprint density at radius 2 is 2.17 bits per heavy atom. The molecule has 0 spiro atoms. The van der Waals surface area contributed by atoms with Crippen molar-refractivity contribution in [2.45, 2.75) is 22.8 Å². The zero-order valence-electron chi connectivity index (χ0n) is 15.6. The molecule has 1 aliphatic heterocycles. The molecule has 0 radical (unpaired) electrons. The van der Waals surface area contributed by atoms with Gasteiger partial charge in [0.05, 0.1) is 5.92 Å². The van der Waals surface area contributed by atoms with Crippen LogP contribution in [-0.4, -0.2) is 44.0 Å². The topological polar surface area (TPSA) is 66.5 Å². The van der Waals surface area contributed by atoms with Crippen molar-refractivity contribution in [3.8, 4) is 0 Å². The van der Waals surface area contributed by atoms with Gasteiger partial charge < -0.3 is 5.32 Å². The van der Waals surface area contributed by atoms with E-state index in [0.29, 0.717) is 52.2 Å². The molecule has 2 aromatic rings. The van der Waals surface area contributed by atoms with Crippen LogP contribution in [0.15, 0.2) is 39.9 Å². The van der Waals surface area contributed by atoms with Crippen LogP contribution in [0, 0.1) is 11.7 Å². The highest BCUT2D eigenvalue weighted by Gasteiger charge is 2.33. The second-order valence-corrected chi connectivity index (χ2v) is 11.3. The highest BCUT2D eigenvalue weighted by atomic mass is 35.5. The van der Waals surface area contributed by atoms with Crippen LogP contribution in [0.1, 0.15) is 18.4 Å². The molecule has 10 heteroatoms. The molecule has 2 heterocycles. The Morgan fingerprint density at radius 1 is 1.34 bits per heavy atom. The standard InChI is InChI=1S/C19H22ClFN2O3S3/c20-16-5-1-6-17(21)15(16)13-27-11-8-22-19(24)14-4-2-9-23(12-14)29(25,26)18-7-3-10-28-18/h1,3,5-7,10,14H,2,4,8-9,11-13H2,(H,22,24)/t14-/m1/s1. The number of piperidine rings is 1. The lowest BCUT2D eigenvalue weighted by Crippen LogP contribution is -2.45. The molecule has 29 heavy (non-hydrogen) atoms. The van der Waals surface area contributed by atoms with Crippen LogP contribution in [-0.2, 0) is 20.6 Å². The van der Waals surface area contributed by atoms with Gasteiger partial charge in [-0.15, -0.1) is 11.3 Å². The number of carbonyl (C=O) groups excluding carboxylic acids is 1. The van der Waals surface area contributed by atoms with E-state index in [1.54, 1.807) is 29.6 Å². The van der Waals surface area contributed by atoms with E-state index in [-0.39, 0.29) is 24.2 Å². The van der Waals surface area contributed by atoms with Crippen molar-refractivity contribution in [3.05, 3.63) is 52.1 Å². The van der Waals surface area contributed by atoms with Crippen LogP contribution in [0.3, 0.4) is 0 Å². The lowest BCUT2D eigenvalue weighted by molar-refractivity contribution is -0.125. The molecule has 0 bridgehead atoms. The van der Waals surface area contributed by atoms with Crippen molar-refractivity contribution in [1.82, 2.24) is 9.62 Å². The van der Waals surface area contributed by atoms with Crippen molar-refractivity contribution in [2.75, 3.05) is 25.4 Å². The van der Waals surface area contributed by atoms with Crippen molar-refractivity contribution in [2.24, 2.45) is 5.92 Å². The molecular weight excluding hydrogens is 455 g/mol.